The fraction of sp³-hybridized carbons (Fsp3) is 0.538. The van der Waals surface area contributed by atoms with Crippen LogP contribution < -0.4 is 0 Å². The quantitative estimate of drug-likeness (QED) is 0.734. The molecule has 0 aromatic heterocycles. The van der Waals surface area contributed by atoms with Crippen molar-refractivity contribution in [1.82, 2.24) is 4.90 Å². The van der Waals surface area contributed by atoms with Crippen molar-refractivity contribution in [2.24, 2.45) is 0 Å². The van der Waals surface area contributed by atoms with Crippen molar-refractivity contribution < 1.29 is 4.39 Å². The second-order valence-electron chi connectivity index (χ2n) is 4.49. The molecule has 1 aromatic carbocycles. The van der Waals surface area contributed by atoms with Crippen LogP contribution in [0, 0.1) is 12.7 Å². The van der Waals surface area contributed by atoms with Crippen LogP contribution in [0.4, 0.5) is 4.39 Å². The monoisotopic (exact) mass is 241 g/mol. The molecule has 0 aliphatic carbocycles. The van der Waals surface area contributed by atoms with Crippen LogP contribution in [0.2, 0.25) is 0 Å². The maximum atomic E-state index is 13.0. The van der Waals surface area contributed by atoms with Crippen LogP contribution in [0.5, 0.6) is 0 Å². The molecule has 0 spiro atoms. The Labute approximate surface area is 101 Å². The van der Waals surface area contributed by atoms with E-state index in [-0.39, 0.29) is 5.82 Å². The van der Waals surface area contributed by atoms with Crippen LogP contribution in [-0.4, -0.2) is 23.4 Å². The van der Waals surface area contributed by atoms with E-state index in [1.807, 2.05) is 13.0 Å². The van der Waals surface area contributed by atoms with Crippen molar-refractivity contribution >= 4 is 11.6 Å². The maximum absolute atomic E-state index is 13.0. The van der Waals surface area contributed by atoms with Crippen LogP contribution in [0.25, 0.3) is 0 Å². The number of nitrogens with zero attached hydrogens (tertiary/aromatic N) is 1. The lowest BCUT2D eigenvalue weighted by Crippen LogP contribution is -2.30. The zero-order chi connectivity index (χ0) is 11.5. The second kappa shape index (κ2) is 5.15. The van der Waals surface area contributed by atoms with E-state index < -0.39 is 0 Å². The number of hydrogen-bond donors (Lipinski definition) is 0. The molecule has 1 saturated heterocycles. The van der Waals surface area contributed by atoms with Gasteiger partial charge in [0.05, 0.1) is 0 Å². The Bertz CT molecular complexity index is 367. The third-order valence-electron chi connectivity index (χ3n) is 3.36. The average molecular weight is 242 g/mol. The number of halogens is 2. The Morgan fingerprint density at radius 3 is 3.00 bits per heavy atom. The molecule has 3 heteroatoms. The first-order chi connectivity index (χ1) is 7.70. The Hall–Kier alpha value is -0.600. The summed E-state index contributed by atoms with van der Waals surface area (Å²) in [6.07, 6.45) is 2.40. The van der Waals surface area contributed by atoms with E-state index in [4.69, 9.17) is 11.6 Å². The predicted molar refractivity (Wildman–Crippen MR) is 65.3 cm³/mol. The van der Waals surface area contributed by atoms with Gasteiger partial charge in [-0.15, -0.1) is 11.6 Å². The van der Waals surface area contributed by atoms with Gasteiger partial charge in [0.25, 0.3) is 0 Å². The van der Waals surface area contributed by atoms with Gasteiger partial charge in [-0.1, -0.05) is 6.07 Å². The highest BCUT2D eigenvalue weighted by molar-refractivity contribution is 6.18. The van der Waals surface area contributed by atoms with Crippen LogP contribution in [0.1, 0.15) is 24.0 Å². The Morgan fingerprint density at radius 1 is 1.50 bits per heavy atom. The fourth-order valence-corrected chi connectivity index (χ4v) is 2.68. The number of alkyl halides is 1. The molecule has 88 valence electrons. The highest BCUT2D eigenvalue weighted by Gasteiger charge is 2.23. The van der Waals surface area contributed by atoms with E-state index in [2.05, 4.69) is 4.90 Å². The minimum absolute atomic E-state index is 0.156. The van der Waals surface area contributed by atoms with Crippen molar-refractivity contribution in [2.75, 3.05) is 12.4 Å². The molecule has 1 aliphatic heterocycles. The predicted octanol–water partition coefficient (Wildman–Crippen LogP) is 3.34. The van der Waals surface area contributed by atoms with Crippen LogP contribution in [-0.2, 0) is 6.54 Å². The van der Waals surface area contributed by atoms with Gasteiger partial charge in [0.1, 0.15) is 5.82 Å². The van der Waals surface area contributed by atoms with Gasteiger partial charge in [0, 0.05) is 18.5 Å². The van der Waals surface area contributed by atoms with Crippen molar-refractivity contribution in [3.63, 3.8) is 0 Å². The molecule has 1 heterocycles. The number of likely N-dealkylation sites (tertiary alicyclic amines) is 1. The van der Waals surface area contributed by atoms with E-state index in [9.17, 15) is 4.39 Å². The summed E-state index contributed by atoms with van der Waals surface area (Å²) < 4.78 is 13.0. The number of rotatable bonds is 3. The molecule has 0 saturated carbocycles. The molecule has 0 radical (unpaired) electrons. The standard InChI is InChI=1S/C13H17ClFN/c1-10-7-12(15)5-4-11(10)9-16-6-2-3-13(16)8-14/h4-5,7,13H,2-3,6,8-9H2,1H3. The molecule has 0 amide bonds. The lowest BCUT2D eigenvalue weighted by Gasteiger charge is -2.23. The second-order valence-corrected chi connectivity index (χ2v) is 4.80. The summed E-state index contributed by atoms with van der Waals surface area (Å²) in [5.41, 5.74) is 2.23. The molecule has 1 aliphatic rings. The summed E-state index contributed by atoms with van der Waals surface area (Å²) in [6.45, 7) is 3.96. The van der Waals surface area contributed by atoms with E-state index in [1.165, 1.54) is 24.5 Å². The Balaban J connectivity index is 2.08. The molecule has 16 heavy (non-hydrogen) atoms. The van der Waals surface area contributed by atoms with Crippen molar-refractivity contribution in [3.8, 4) is 0 Å². The van der Waals surface area contributed by atoms with Gasteiger partial charge in [-0.2, -0.15) is 0 Å². The third-order valence-corrected chi connectivity index (χ3v) is 3.71. The first-order valence-corrected chi connectivity index (χ1v) is 6.29. The number of aryl methyl sites for hydroxylation is 1. The summed E-state index contributed by atoms with van der Waals surface area (Å²) in [6, 6.07) is 5.51. The molecule has 2 rings (SSSR count). The van der Waals surface area contributed by atoms with Gasteiger partial charge in [0.2, 0.25) is 0 Å². The van der Waals surface area contributed by atoms with Crippen LogP contribution in [0.15, 0.2) is 18.2 Å². The zero-order valence-corrected chi connectivity index (χ0v) is 10.3. The van der Waals surface area contributed by atoms with Gasteiger partial charge in [-0.3, -0.25) is 4.90 Å². The molecule has 1 fully saturated rings. The van der Waals surface area contributed by atoms with E-state index >= 15 is 0 Å². The topological polar surface area (TPSA) is 3.24 Å². The minimum Gasteiger partial charge on any atom is -0.295 e. The largest absolute Gasteiger partial charge is 0.295 e. The number of benzene rings is 1. The SMILES string of the molecule is Cc1cc(F)ccc1CN1CCCC1CCl. The van der Waals surface area contributed by atoms with Crippen molar-refractivity contribution in [1.29, 1.82) is 0 Å². The molecule has 1 unspecified atom stereocenters. The molecular weight excluding hydrogens is 225 g/mol. The lowest BCUT2D eigenvalue weighted by atomic mass is 10.1. The molecular formula is C13H17ClFN. The summed E-state index contributed by atoms with van der Waals surface area (Å²) in [5.74, 6) is 0.539. The van der Waals surface area contributed by atoms with E-state index in [0.717, 1.165) is 18.7 Å². The van der Waals surface area contributed by atoms with Crippen LogP contribution in [0.3, 0.4) is 0 Å². The fourth-order valence-electron chi connectivity index (χ4n) is 2.33. The molecule has 1 aromatic rings. The third kappa shape index (κ3) is 2.55. The highest BCUT2D eigenvalue weighted by Crippen LogP contribution is 2.22. The van der Waals surface area contributed by atoms with Gasteiger partial charge in [-0.05, 0) is 49.6 Å². The normalized spacial score (nSPS) is 21.6. The molecule has 0 bridgehead atoms. The zero-order valence-electron chi connectivity index (χ0n) is 9.55. The summed E-state index contributed by atoms with van der Waals surface area (Å²) >= 11 is 5.93. The Morgan fingerprint density at radius 2 is 2.31 bits per heavy atom. The smallest absolute Gasteiger partial charge is 0.123 e. The average Bonchev–Trinajstić information content (AvgIpc) is 2.69. The van der Waals surface area contributed by atoms with E-state index in [1.54, 1.807) is 6.07 Å². The van der Waals surface area contributed by atoms with Gasteiger partial charge >= 0.3 is 0 Å². The molecule has 0 N–H and O–H groups in total. The summed E-state index contributed by atoms with van der Waals surface area (Å²) in [5, 5.41) is 0. The van der Waals surface area contributed by atoms with Crippen molar-refractivity contribution in [2.45, 2.75) is 32.4 Å². The first-order valence-electron chi connectivity index (χ1n) is 5.75. The number of hydrogen-bond acceptors (Lipinski definition) is 1. The molecule has 1 atom stereocenters. The van der Waals surface area contributed by atoms with Crippen LogP contribution >= 0.6 is 11.6 Å². The van der Waals surface area contributed by atoms with E-state index in [0.29, 0.717) is 11.9 Å². The van der Waals surface area contributed by atoms with Crippen molar-refractivity contribution in [3.05, 3.63) is 35.1 Å². The maximum Gasteiger partial charge on any atom is 0.123 e. The van der Waals surface area contributed by atoms with Gasteiger partial charge in [-0.25, -0.2) is 4.39 Å². The lowest BCUT2D eigenvalue weighted by molar-refractivity contribution is 0.262. The van der Waals surface area contributed by atoms with Gasteiger partial charge < -0.3 is 0 Å². The Kier molecular flexibility index (Phi) is 3.82. The minimum atomic E-state index is -0.156. The highest BCUT2D eigenvalue weighted by atomic mass is 35.5. The molecule has 1 nitrogen and oxygen atoms in total. The summed E-state index contributed by atoms with van der Waals surface area (Å²) in [7, 11) is 0. The first kappa shape index (κ1) is 11.9. The summed E-state index contributed by atoms with van der Waals surface area (Å²) in [4.78, 5) is 2.40. The van der Waals surface area contributed by atoms with Gasteiger partial charge in [0.15, 0.2) is 0 Å².